The minimum atomic E-state index is 0.464. The Morgan fingerprint density at radius 2 is 1.95 bits per heavy atom. The van der Waals surface area contributed by atoms with E-state index in [0.29, 0.717) is 5.92 Å². The molecule has 0 atom stereocenters. The van der Waals surface area contributed by atoms with Crippen molar-refractivity contribution in [3.05, 3.63) is 33.4 Å². The SMILES string of the molecule is CCCNc1c(C(C)C)c(C)nc2c(Br)c(C)ccc12. The maximum absolute atomic E-state index is 4.84. The lowest BCUT2D eigenvalue weighted by atomic mass is 9.96. The van der Waals surface area contributed by atoms with Gasteiger partial charge in [-0.05, 0) is 53.2 Å². The molecule has 2 rings (SSSR count). The predicted molar refractivity (Wildman–Crippen MR) is 91.8 cm³/mol. The fourth-order valence-electron chi connectivity index (χ4n) is 2.68. The van der Waals surface area contributed by atoms with Gasteiger partial charge in [-0.3, -0.25) is 4.98 Å². The second kappa shape index (κ2) is 6.13. The van der Waals surface area contributed by atoms with Crippen LogP contribution in [0.15, 0.2) is 16.6 Å². The fourth-order valence-corrected chi connectivity index (χ4v) is 3.11. The van der Waals surface area contributed by atoms with Crippen molar-refractivity contribution in [3.8, 4) is 0 Å². The number of hydrogen-bond acceptors (Lipinski definition) is 2. The van der Waals surface area contributed by atoms with E-state index >= 15 is 0 Å². The molecule has 0 radical (unpaired) electrons. The summed E-state index contributed by atoms with van der Waals surface area (Å²) in [6.45, 7) is 11.9. The van der Waals surface area contributed by atoms with Crippen LogP contribution in [0.25, 0.3) is 10.9 Å². The smallest absolute Gasteiger partial charge is 0.0870 e. The van der Waals surface area contributed by atoms with Crippen LogP contribution in [-0.2, 0) is 0 Å². The largest absolute Gasteiger partial charge is 0.384 e. The van der Waals surface area contributed by atoms with Crippen molar-refractivity contribution in [1.29, 1.82) is 0 Å². The van der Waals surface area contributed by atoms with E-state index < -0.39 is 0 Å². The Kier molecular flexibility index (Phi) is 4.69. The molecule has 1 aromatic carbocycles. The highest BCUT2D eigenvalue weighted by Gasteiger charge is 2.17. The standard InChI is InChI=1S/C17H23BrN2/c1-6-9-19-16-13-8-7-11(4)15(18)17(13)20-12(5)14(16)10(2)3/h7-8,10H,6,9H2,1-5H3,(H,19,20). The number of nitrogens with one attached hydrogen (secondary N) is 1. The van der Waals surface area contributed by atoms with Crippen molar-refractivity contribution < 1.29 is 0 Å². The van der Waals surface area contributed by atoms with Gasteiger partial charge in [0.05, 0.1) is 5.52 Å². The van der Waals surface area contributed by atoms with Gasteiger partial charge in [-0.15, -0.1) is 0 Å². The number of fused-ring (bicyclic) bond motifs is 1. The van der Waals surface area contributed by atoms with Crippen LogP contribution in [0.1, 0.15) is 49.9 Å². The molecule has 0 amide bonds. The quantitative estimate of drug-likeness (QED) is 0.791. The van der Waals surface area contributed by atoms with Crippen molar-refractivity contribution in [2.24, 2.45) is 0 Å². The van der Waals surface area contributed by atoms with E-state index in [1.807, 2.05) is 0 Å². The molecule has 0 unspecified atom stereocenters. The van der Waals surface area contributed by atoms with Gasteiger partial charge in [0, 0.05) is 27.8 Å². The van der Waals surface area contributed by atoms with Gasteiger partial charge in [-0.2, -0.15) is 0 Å². The lowest BCUT2D eigenvalue weighted by molar-refractivity contribution is 0.844. The summed E-state index contributed by atoms with van der Waals surface area (Å²) in [7, 11) is 0. The number of anilines is 1. The minimum absolute atomic E-state index is 0.464. The van der Waals surface area contributed by atoms with E-state index in [1.54, 1.807) is 0 Å². The highest BCUT2D eigenvalue weighted by atomic mass is 79.9. The molecule has 108 valence electrons. The lowest BCUT2D eigenvalue weighted by Gasteiger charge is -2.20. The van der Waals surface area contributed by atoms with Crippen LogP contribution in [0.4, 0.5) is 5.69 Å². The van der Waals surface area contributed by atoms with E-state index in [0.717, 1.165) is 28.6 Å². The molecule has 0 saturated heterocycles. The molecule has 2 nitrogen and oxygen atoms in total. The van der Waals surface area contributed by atoms with Crippen LogP contribution in [0.5, 0.6) is 0 Å². The normalized spacial score (nSPS) is 11.3. The third-order valence-corrected chi connectivity index (χ3v) is 4.65. The van der Waals surface area contributed by atoms with Gasteiger partial charge < -0.3 is 5.32 Å². The van der Waals surface area contributed by atoms with E-state index in [-0.39, 0.29) is 0 Å². The van der Waals surface area contributed by atoms with Gasteiger partial charge >= 0.3 is 0 Å². The average molecular weight is 335 g/mol. The van der Waals surface area contributed by atoms with Gasteiger partial charge in [-0.1, -0.05) is 32.9 Å². The molecule has 1 aromatic heterocycles. The van der Waals surface area contributed by atoms with Crippen LogP contribution < -0.4 is 5.32 Å². The summed E-state index contributed by atoms with van der Waals surface area (Å²) >= 11 is 3.69. The summed E-state index contributed by atoms with van der Waals surface area (Å²) in [6, 6.07) is 4.34. The lowest BCUT2D eigenvalue weighted by Crippen LogP contribution is -2.08. The predicted octanol–water partition coefficient (Wildman–Crippen LogP) is 5.56. The number of benzene rings is 1. The molecule has 0 aliphatic heterocycles. The van der Waals surface area contributed by atoms with E-state index in [4.69, 9.17) is 4.98 Å². The number of rotatable bonds is 4. The Labute approximate surface area is 130 Å². The zero-order chi connectivity index (χ0) is 14.9. The molecule has 0 fully saturated rings. The third-order valence-electron chi connectivity index (χ3n) is 3.65. The Balaban J connectivity index is 2.79. The molecule has 1 N–H and O–H groups in total. The van der Waals surface area contributed by atoms with Crippen LogP contribution in [-0.4, -0.2) is 11.5 Å². The second-order valence-corrected chi connectivity index (χ2v) is 6.45. The third kappa shape index (κ3) is 2.69. The number of aryl methyl sites for hydroxylation is 2. The molecule has 2 aromatic rings. The first-order valence-electron chi connectivity index (χ1n) is 7.30. The Bertz CT molecular complexity index is 633. The van der Waals surface area contributed by atoms with E-state index in [2.05, 4.69) is 68.0 Å². The molecule has 0 aliphatic rings. The van der Waals surface area contributed by atoms with Gasteiger partial charge in [0.2, 0.25) is 0 Å². The summed E-state index contributed by atoms with van der Waals surface area (Å²) in [5, 5.41) is 4.83. The number of halogens is 1. The molecular formula is C17H23BrN2. The minimum Gasteiger partial charge on any atom is -0.384 e. The number of hydrogen-bond donors (Lipinski definition) is 1. The highest BCUT2D eigenvalue weighted by molar-refractivity contribution is 9.10. The highest BCUT2D eigenvalue weighted by Crippen LogP contribution is 2.37. The van der Waals surface area contributed by atoms with Crippen molar-refractivity contribution in [1.82, 2.24) is 4.98 Å². The van der Waals surface area contributed by atoms with E-state index in [1.165, 1.54) is 22.2 Å². The van der Waals surface area contributed by atoms with Crippen LogP contribution in [0.2, 0.25) is 0 Å². The molecule has 3 heteroatoms. The molecule has 0 aliphatic carbocycles. The Hall–Kier alpha value is -1.09. The summed E-state index contributed by atoms with van der Waals surface area (Å²) in [5.74, 6) is 0.464. The summed E-state index contributed by atoms with van der Waals surface area (Å²) in [6.07, 6.45) is 1.12. The maximum Gasteiger partial charge on any atom is 0.0870 e. The zero-order valence-corrected chi connectivity index (χ0v) is 14.6. The Morgan fingerprint density at radius 3 is 2.55 bits per heavy atom. The topological polar surface area (TPSA) is 24.9 Å². The summed E-state index contributed by atoms with van der Waals surface area (Å²) in [4.78, 5) is 4.84. The molecule has 0 bridgehead atoms. The molecule has 0 spiro atoms. The summed E-state index contributed by atoms with van der Waals surface area (Å²) < 4.78 is 1.10. The van der Waals surface area contributed by atoms with E-state index in [9.17, 15) is 0 Å². The zero-order valence-electron chi connectivity index (χ0n) is 13.0. The second-order valence-electron chi connectivity index (χ2n) is 5.66. The van der Waals surface area contributed by atoms with Crippen LogP contribution in [0.3, 0.4) is 0 Å². The van der Waals surface area contributed by atoms with Gasteiger partial charge in [-0.25, -0.2) is 0 Å². The maximum atomic E-state index is 4.84. The van der Waals surface area contributed by atoms with Crippen molar-refractivity contribution in [2.75, 3.05) is 11.9 Å². The monoisotopic (exact) mass is 334 g/mol. The van der Waals surface area contributed by atoms with Gasteiger partial charge in [0.1, 0.15) is 0 Å². The van der Waals surface area contributed by atoms with Crippen molar-refractivity contribution in [2.45, 2.75) is 47.0 Å². The summed E-state index contributed by atoms with van der Waals surface area (Å²) in [5.41, 5.74) is 6.00. The molecular weight excluding hydrogens is 312 g/mol. The Morgan fingerprint density at radius 1 is 1.25 bits per heavy atom. The molecule has 20 heavy (non-hydrogen) atoms. The van der Waals surface area contributed by atoms with Gasteiger partial charge in [0.15, 0.2) is 0 Å². The van der Waals surface area contributed by atoms with Crippen LogP contribution >= 0.6 is 15.9 Å². The first-order chi connectivity index (χ1) is 9.47. The fraction of sp³-hybridized carbons (Fsp3) is 0.471. The number of nitrogens with zero attached hydrogens (tertiary/aromatic N) is 1. The van der Waals surface area contributed by atoms with Gasteiger partial charge in [0.25, 0.3) is 0 Å². The average Bonchev–Trinajstić information content (AvgIpc) is 2.40. The van der Waals surface area contributed by atoms with Crippen LogP contribution in [0, 0.1) is 13.8 Å². The van der Waals surface area contributed by atoms with Crippen molar-refractivity contribution >= 4 is 32.5 Å². The first kappa shape index (κ1) is 15.3. The molecule has 0 saturated carbocycles. The van der Waals surface area contributed by atoms with Crippen molar-refractivity contribution in [3.63, 3.8) is 0 Å². The number of aromatic nitrogens is 1. The first-order valence-corrected chi connectivity index (χ1v) is 8.09. The number of pyridine rings is 1. The molecule has 1 heterocycles.